The predicted octanol–water partition coefficient (Wildman–Crippen LogP) is 4.12. The molecule has 0 saturated heterocycles. The summed E-state index contributed by atoms with van der Waals surface area (Å²) < 4.78 is 27.2. The maximum absolute atomic E-state index is 13.6. The summed E-state index contributed by atoms with van der Waals surface area (Å²) in [6.45, 7) is 2.89. The summed E-state index contributed by atoms with van der Waals surface area (Å²) in [5, 5.41) is 13.8. The van der Waals surface area contributed by atoms with Crippen LogP contribution in [0.1, 0.15) is 25.8 Å². The van der Waals surface area contributed by atoms with E-state index < -0.39 is 23.1 Å². The van der Waals surface area contributed by atoms with Crippen LogP contribution >= 0.6 is 11.6 Å². The molecule has 0 amide bonds. The van der Waals surface area contributed by atoms with Crippen molar-refractivity contribution in [3.8, 4) is 0 Å². The van der Waals surface area contributed by atoms with E-state index in [0.29, 0.717) is 6.42 Å². The highest BCUT2D eigenvalue weighted by molar-refractivity contribution is 6.30. The average molecular weight is 344 g/mol. The second kappa shape index (κ2) is 8.99. The Bertz CT molecular complexity index is 652. The summed E-state index contributed by atoms with van der Waals surface area (Å²) >= 11 is 5.90. The van der Waals surface area contributed by atoms with Crippen molar-refractivity contribution < 1.29 is 13.7 Å². The fourth-order valence-corrected chi connectivity index (χ4v) is 1.94. The van der Waals surface area contributed by atoms with Crippen LogP contribution in [-0.2, 0) is 6.54 Å². The second-order valence-electron chi connectivity index (χ2n) is 4.38. The van der Waals surface area contributed by atoms with E-state index in [1.54, 1.807) is 6.08 Å². The molecule has 1 aromatic carbocycles. The Kier molecular flexibility index (Phi) is 7.34. The molecule has 0 spiro atoms. The lowest BCUT2D eigenvalue weighted by molar-refractivity contribution is -0.415. The molecular weight excluding hydrogens is 328 g/mol. The third-order valence-electron chi connectivity index (χ3n) is 2.79. The Labute approximate surface area is 137 Å². The van der Waals surface area contributed by atoms with Crippen LogP contribution in [0.2, 0.25) is 0 Å². The van der Waals surface area contributed by atoms with Gasteiger partial charge < -0.3 is 5.32 Å². The number of amidine groups is 1. The molecule has 0 heterocycles. The van der Waals surface area contributed by atoms with Crippen molar-refractivity contribution in [2.24, 2.45) is 4.99 Å². The molecule has 23 heavy (non-hydrogen) atoms. The number of nitro groups is 1. The molecule has 0 unspecified atom stereocenters. The van der Waals surface area contributed by atoms with Crippen LogP contribution < -0.4 is 5.32 Å². The lowest BCUT2D eigenvalue weighted by Crippen LogP contribution is -2.27. The molecule has 0 aliphatic carbocycles. The topological polar surface area (TPSA) is 67.5 Å². The third kappa shape index (κ3) is 5.45. The first-order valence-corrected chi connectivity index (χ1v) is 7.19. The standard InChI is InChI=1S/C15H16ClF2N3O2/c1-3-6-14(16)20-15(13(4-2)21(22)23)19-9-10-11(17)7-5-8-12(10)18/h4-8H,3,9H2,1-2H3,(H,19,20)/b13-4+,14-6+. The summed E-state index contributed by atoms with van der Waals surface area (Å²) in [6, 6.07) is 3.41. The van der Waals surface area contributed by atoms with Crippen molar-refractivity contribution in [3.63, 3.8) is 0 Å². The van der Waals surface area contributed by atoms with Gasteiger partial charge in [0.2, 0.25) is 5.84 Å². The number of benzene rings is 1. The van der Waals surface area contributed by atoms with Crippen LogP contribution in [0.15, 0.2) is 46.2 Å². The van der Waals surface area contributed by atoms with Crippen molar-refractivity contribution in [1.29, 1.82) is 0 Å². The Morgan fingerprint density at radius 3 is 2.52 bits per heavy atom. The van der Waals surface area contributed by atoms with Gasteiger partial charge in [0, 0.05) is 5.56 Å². The van der Waals surface area contributed by atoms with Crippen LogP contribution in [0, 0.1) is 21.7 Å². The quantitative estimate of drug-likeness (QED) is 0.278. The predicted molar refractivity (Wildman–Crippen MR) is 85.6 cm³/mol. The minimum Gasteiger partial charge on any atom is -0.326 e. The van der Waals surface area contributed by atoms with Crippen LogP contribution in [0.25, 0.3) is 0 Å². The maximum atomic E-state index is 13.6. The van der Waals surface area contributed by atoms with Gasteiger partial charge in [-0.3, -0.25) is 15.1 Å². The normalized spacial score (nSPS) is 13.2. The lowest BCUT2D eigenvalue weighted by Gasteiger charge is -2.08. The van der Waals surface area contributed by atoms with Gasteiger partial charge in [0.05, 0.1) is 11.5 Å². The zero-order valence-electron chi connectivity index (χ0n) is 12.6. The molecule has 0 aromatic heterocycles. The van der Waals surface area contributed by atoms with Crippen molar-refractivity contribution in [2.75, 3.05) is 0 Å². The van der Waals surface area contributed by atoms with E-state index >= 15 is 0 Å². The molecule has 0 fully saturated rings. The summed E-state index contributed by atoms with van der Waals surface area (Å²) in [6.07, 6.45) is 3.42. The van der Waals surface area contributed by atoms with Crippen molar-refractivity contribution in [3.05, 3.63) is 68.5 Å². The highest BCUT2D eigenvalue weighted by Gasteiger charge is 2.19. The molecule has 0 bridgehead atoms. The summed E-state index contributed by atoms with van der Waals surface area (Å²) in [5.74, 6) is -1.72. The van der Waals surface area contributed by atoms with E-state index in [0.717, 1.165) is 12.1 Å². The van der Waals surface area contributed by atoms with Gasteiger partial charge in [0.15, 0.2) is 0 Å². The van der Waals surface area contributed by atoms with Crippen molar-refractivity contribution in [2.45, 2.75) is 26.8 Å². The molecule has 124 valence electrons. The Morgan fingerprint density at radius 1 is 1.43 bits per heavy atom. The molecule has 1 N–H and O–H groups in total. The Morgan fingerprint density at radius 2 is 2.04 bits per heavy atom. The van der Waals surface area contributed by atoms with E-state index in [1.165, 1.54) is 19.1 Å². The third-order valence-corrected chi connectivity index (χ3v) is 3.04. The van der Waals surface area contributed by atoms with E-state index in [-0.39, 0.29) is 22.3 Å². The first-order valence-electron chi connectivity index (χ1n) is 6.81. The number of aliphatic imine (C=N–C) groups is 1. The number of hydrogen-bond donors (Lipinski definition) is 1. The van der Waals surface area contributed by atoms with Crippen LogP contribution in [0.3, 0.4) is 0 Å². The molecule has 0 radical (unpaired) electrons. The summed E-state index contributed by atoms with van der Waals surface area (Å²) in [7, 11) is 0. The van der Waals surface area contributed by atoms with Gasteiger partial charge in [-0.05, 0) is 37.6 Å². The van der Waals surface area contributed by atoms with E-state index in [2.05, 4.69) is 10.3 Å². The van der Waals surface area contributed by atoms with Crippen LogP contribution in [0.5, 0.6) is 0 Å². The van der Waals surface area contributed by atoms with Gasteiger partial charge in [-0.1, -0.05) is 24.6 Å². The number of allylic oxidation sites excluding steroid dienone is 2. The molecule has 5 nitrogen and oxygen atoms in total. The number of nitrogens with one attached hydrogen (secondary N) is 1. The van der Waals surface area contributed by atoms with E-state index in [4.69, 9.17) is 11.6 Å². The smallest absolute Gasteiger partial charge is 0.307 e. The van der Waals surface area contributed by atoms with Gasteiger partial charge in [-0.25, -0.2) is 8.78 Å². The molecule has 0 saturated carbocycles. The lowest BCUT2D eigenvalue weighted by atomic mass is 10.2. The Balaban J connectivity index is 3.18. The molecule has 0 aliphatic heterocycles. The number of nitrogens with zero attached hydrogens (tertiary/aromatic N) is 2. The monoisotopic (exact) mass is 343 g/mol. The van der Waals surface area contributed by atoms with Crippen molar-refractivity contribution >= 4 is 17.4 Å². The van der Waals surface area contributed by atoms with Gasteiger partial charge >= 0.3 is 5.70 Å². The zero-order chi connectivity index (χ0) is 17.4. The highest BCUT2D eigenvalue weighted by Crippen LogP contribution is 2.14. The summed E-state index contributed by atoms with van der Waals surface area (Å²) in [4.78, 5) is 14.3. The van der Waals surface area contributed by atoms with E-state index in [9.17, 15) is 18.9 Å². The fraction of sp³-hybridized carbons (Fsp3) is 0.267. The van der Waals surface area contributed by atoms with Crippen LogP contribution in [0.4, 0.5) is 8.78 Å². The molecule has 1 aromatic rings. The molecular formula is C15H16ClF2N3O2. The zero-order valence-corrected chi connectivity index (χ0v) is 13.4. The molecule has 1 rings (SSSR count). The molecule has 0 atom stereocenters. The highest BCUT2D eigenvalue weighted by atomic mass is 35.5. The molecule has 0 aliphatic rings. The van der Waals surface area contributed by atoms with Crippen LogP contribution in [-0.4, -0.2) is 10.8 Å². The number of hydrogen-bond acceptors (Lipinski definition) is 3. The molecule has 8 heteroatoms. The second-order valence-corrected chi connectivity index (χ2v) is 4.79. The maximum Gasteiger partial charge on any atom is 0.307 e. The SMILES string of the molecule is C/C=C(\C(=NCc1c(F)cccc1F)N/C(Cl)=C/CC)[N+](=O)[O-]. The van der Waals surface area contributed by atoms with Gasteiger partial charge in [-0.2, -0.15) is 0 Å². The Hall–Kier alpha value is -2.28. The van der Waals surface area contributed by atoms with Gasteiger partial charge in [0.25, 0.3) is 0 Å². The number of halogens is 3. The minimum absolute atomic E-state index is 0.140. The minimum atomic E-state index is -0.772. The van der Waals surface area contributed by atoms with E-state index in [1.807, 2.05) is 6.92 Å². The largest absolute Gasteiger partial charge is 0.326 e. The average Bonchev–Trinajstić information content (AvgIpc) is 2.46. The van der Waals surface area contributed by atoms with Crippen molar-refractivity contribution in [1.82, 2.24) is 5.32 Å². The van der Waals surface area contributed by atoms with Gasteiger partial charge in [-0.15, -0.1) is 0 Å². The van der Waals surface area contributed by atoms with Gasteiger partial charge in [0.1, 0.15) is 16.8 Å². The summed E-state index contributed by atoms with van der Waals surface area (Å²) in [5.41, 5.74) is -0.620. The first-order chi connectivity index (χ1) is 10.9. The number of rotatable bonds is 6. The first kappa shape index (κ1) is 18.8. The fourth-order valence-electron chi connectivity index (χ4n) is 1.70.